The number of fused-ring (bicyclic) bond motifs is 2. The number of ether oxygens (including phenoxy) is 1. The molecule has 0 spiro atoms. The molecule has 1 amide bonds. The molecule has 5 atom stereocenters. The maximum Gasteiger partial charge on any atom is 0.305 e. The molecular formula is C24H41NO3. The van der Waals surface area contributed by atoms with Crippen molar-refractivity contribution in [3.05, 3.63) is 12.2 Å². The molecule has 4 heteroatoms. The lowest BCUT2D eigenvalue weighted by molar-refractivity contribution is -0.140. The van der Waals surface area contributed by atoms with Gasteiger partial charge >= 0.3 is 5.97 Å². The fraction of sp³-hybridized carbons (Fsp3) is 0.833. The molecule has 0 aliphatic heterocycles. The third-order valence-corrected chi connectivity index (χ3v) is 7.30. The summed E-state index contributed by atoms with van der Waals surface area (Å²) in [6.07, 6.45) is 13.1. The van der Waals surface area contributed by atoms with Gasteiger partial charge in [-0.15, -0.1) is 0 Å². The number of esters is 1. The molecule has 2 bridgehead atoms. The van der Waals surface area contributed by atoms with Gasteiger partial charge in [-0.25, -0.2) is 0 Å². The van der Waals surface area contributed by atoms with Crippen LogP contribution in [0.1, 0.15) is 85.5 Å². The highest BCUT2D eigenvalue weighted by Crippen LogP contribution is 2.61. The Kier molecular flexibility index (Phi) is 8.57. The fourth-order valence-corrected chi connectivity index (χ4v) is 5.38. The summed E-state index contributed by atoms with van der Waals surface area (Å²) in [5.74, 6) is 2.50. The molecule has 160 valence electrons. The number of methoxy groups -OCH3 is 1. The number of rotatable bonds is 11. The topological polar surface area (TPSA) is 55.4 Å². The Bertz CT molecular complexity index is 554. The first kappa shape index (κ1) is 23.0. The minimum Gasteiger partial charge on any atom is -0.469 e. The van der Waals surface area contributed by atoms with E-state index in [1.807, 2.05) is 0 Å². The van der Waals surface area contributed by atoms with Gasteiger partial charge in [-0.2, -0.15) is 0 Å². The van der Waals surface area contributed by atoms with Crippen molar-refractivity contribution < 1.29 is 14.3 Å². The van der Waals surface area contributed by atoms with Gasteiger partial charge in [0.05, 0.1) is 7.11 Å². The van der Waals surface area contributed by atoms with Crippen molar-refractivity contribution in [1.29, 1.82) is 0 Å². The second-order valence-corrected chi connectivity index (χ2v) is 9.72. The maximum absolute atomic E-state index is 12.7. The summed E-state index contributed by atoms with van der Waals surface area (Å²) in [6, 6.07) is 0.307. The van der Waals surface area contributed by atoms with Crippen molar-refractivity contribution in [2.75, 3.05) is 7.11 Å². The SMILES string of the molecule is CCCC(C)CC(=O)NC1C(C/C=C/CCCC(=O)OC)CC2CC1C2(C)C. The summed E-state index contributed by atoms with van der Waals surface area (Å²) in [7, 11) is 1.44. The molecule has 5 unspecified atom stereocenters. The third kappa shape index (κ3) is 5.84. The highest BCUT2D eigenvalue weighted by atomic mass is 16.5. The first-order valence-electron chi connectivity index (χ1n) is 11.3. The fourth-order valence-electron chi connectivity index (χ4n) is 5.38. The highest BCUT2D eigenvalue weighted by Gasteiger charge is 2.57. The number of carbonyl (C=O) groups excluding carboxylic acids is 2. The van der Waals surface area contributed by atoms with E-state index in [0.717, 1.165) is 38.0 Å². The first-order chi connectivity index (χ1) is 13.3. The zero-order valence-corrected chi connectivity index (χ0v) is 18.6. The van der Waals surface area contributed by atoms with Gasteiger partial charge in [0.2, 0.25) is 5.91 Å². The van der Waals surface area contributed by atoms with Gasteiger partial charge in [0, 0.05) is 18.9 Å². The molecule has 3 rings (SSSR count). The molecule has 0 aromatic heterocycles. The van der Waals surface area contributed by atoms with Crippen molar-refractivity contribution in [1.82, 2.24) is 5.32 Å². The van der Waals surface area contributed by atoms with E-state index in [4.69, 9.17) is 0 Å². The van der Waals surface area contributed by atoms with Crippen molar-refractivity contribution in [3.63, 3.8) is 0 Å². The monoisotopic (exact) mass is 391 g/mol. The quantitative estimate of drug-likeness (QED) is 0.296. The standard InChI is InChI=1S/C24H41NO3/c1-6-11-17(2)14-21(26)25-23-18(15-19-16-20(23)24(19,3)4)12-9-7-8-10-13-22(27)28-5/h7,9,17-20,23H,6,8,10-16H2,1-5H3,(H,25,26)/b9-7+. The third-order valence-electron chi connectivity index (χ3n) is 7.30. The van der Waals surface area contributed by atoms with E-state index in [9.17, 15) is 9.59 Å². The van der Waals surface area contributed by atoms with Crippen LogP contribution in [0.2, 0.25) is 0 Å². The number of allylic oxidation sites excluding steroid dienone is 2. The lowest BCUT2D eigenvalue weighted by atomic mass is 9.44. The molecular weight excluding hydrogens is 350 g/mol. The van der Waals surface area contributed by atoms with E-state index in [1.54, 1.807) is 0 Å². The summed E-state index contributed by atoms with van der Waals surface area (Å²) >= 11 is 0. The molecule has 3 aliphatic rings. The van der Waals surface area contributed by atoms with Crippen LogP contribution in [-0.2, 0) is 14.3 Å². The van der Waals surface area contributed by atoms with Gasteiger partial charge in [0.15, 0.2) is 0 Å². The van der Waals surface area contributed by atoms with Gasteiger partial charge in [-0.3, -0.25) is 9.59 Å². The van der Waals surface area contributed by atoms with Crippen LogP contribution in [0.3, 0.4) is 0 Å². The predicted molar refractivity (Wildman–Crippen MR) is 114 cm³/mol. The summed E-state index contributed by atoms with van der Waals surface area (Å²) in [6.45, 7) is 9.12. The van der Waals surface area contributed by atoms with Crippen LogP contribution in [0.5, 0.6) is 0 Å². The molecule has 4 nitrogen and oxygen atoms in total. The Hall–Kier alpha value is -1.32. The Morgan fingerprint density at radius 2 is 2.00 bits per heavy atom. The highest BCUT2D eigenvalue weighted by molar-refractivity contribution is 5.76. The first-order valence-corrected chi connectivity index (χ1v) is 11.3. The molecule has 0 aromatic carbocycles. The average molecular weight is 392 g/mol. The number of nitrogens with one attached hydrogen (secondary N) is 1. The van der Waals surface area contributed by atoms with Crippen molar-refractivity contribution in [2.45, 2.75) is 91.5 Å². The van der Waals surface area contributed by atoms with E-state index in [2.05, 4.69) is 49.9 Å². The van der Waals surface area contributed by atoms with E-state index in [0.29, 0.717) is 42.1 Å². The number of unbranched alkanes of at least 4 members (excludes halogenated alkanes) is 1. The van der Waals surface area contributed by atoms with E-state index in [-0.39, 0.29) is 11.9 Å². The Morgan fingerprint density at radius 3 is 2.64 bits per heavy atom. The maximum atomic E-state index is 12.7. The van der Waals surface area contributed by atoms with Crippen molar-refractivity contribution in [2.24, 2.45) is 29.1 Å². The molecule has 0 heterocycles. The van der Waals surface area contributed by atoms with E-state index in [1.165, 1.54) is 20.0 Å². The Labute approximate surface area is 171 Å². The van der Waals surface area contributed by atoms with Crippen LogP contribution in [-0.4, -0.2) is 25.0 Å². The number of carbonyl (C=O) groups is 2. The van der Waals surface area contributed by atoms with Gasteiger partial charge in [-0.05, 0) is 61.2 Å². The van der Waals surface area contributed by atoms with Gasteiger partial charge in [-0.1, -0.05) is 52.7 Å². The largest absolute Gasteiger partial charge is 0.469 e. The van der Waals surface area contributed by atoms with Crippen molar-refractivity contribution >= 4 is 11.9 Å². The molecule has 1 N–H and O–H groups in total. The number of hydrogen-bond donors (Lipinski definition) is 1. The number of hydrogen-bond acceptors (Lipinski definition) is 3. The van der Waals surface area contributed by atoms with Crippen LogP contribution in [0, 0.1) is 29.1 Å². The molecule has 3 aliphatic carbocycles. The van der Waals surface area contributed by atoms with Crippen LogP contribution in [0.15, 0.2) is 12.2 Å². The van der Waals surface area contributed by atoms with E-state index >= 15 is 0 Å². The summed E-state index contributed by atoms with van der Waals surface area (Å²) in [4.78, 5) is 23.8. The van der Waals surface area contributed by atoms with Crippen LogP contribution in [0.4, 0.5) is 0 Å². The molecule has 0 radical (unpaired) electrons. The second-order valence-electron chi connectivity index (χ2n) is 9.72. The van der Waals surface area contributed by atoms with Crippen LogP contribution >= 0.6 is 0 Å². The predicted octanol–water partition coefficient (Wildman–Crippen LogP) is 5.27. The van der Waals surface area contributed by atoms with Gasteiger partial charge < -0.3 is 10.1 Å². The zero-order valence-electron chi connectivity index (χ0n) is 18.6. The molecule has 3 saturated carbocycles. The molecule has 3 fully saturated rings. The number of amides is 1. The lowest BCUT2D eigenvalue weighted by Gasteiger charge is -2.62. The average Bonchev–Trinajstić information content (AvgIpc) is 2.64. The minimum atomic E-state index is -0.136. The van der Waals surface area contributed by atoms with E-state index < -0.39 is 0 Å². The Morgan fingerprint density at radius 1 is 1.25 bits per heavy atom. The normalized spacial score (nSPS) is 29.2. The lowest BCUT2D eigenvalue weighted by Crippen LogP contribution is -2.63. The summed E-state index contributed by atoms with van der Waals surface area (Å²) < 4.78 is 4.68. The summed E-state index contributed by atoms with van der Waals surface area (Å²) in [5, 5.41) is 3.44. The Balaban J connectivity index is 1.87. The summed E-state index contributed by atoms with van der Waals surface area (Å²) in [5.41, 5.74) is 0.355. The molecule has 28 heavy (non-hydrogen) atoms. The van der Waals surface area contributed by atoms with Gasteiger partial charge in [0.25, 0.3) is 0 Å². The van der Waals surface area contributed by atoms with Crippen molar-refractivity contribution in [3.8, 4) is 0 Å². The molecule has 0 aromatic rings. The minimum absolute atomic E-state index is 0.136. The smallest absolute Gasteiger partial charge is 0.305 e. The second kappa shape index (κ2) is 10.5. The van der Waals surface area contributed by atoms with Crippen LogP contribution < -0.4 is 5.32 Å². The zero-order chi connectivity index (χ0) is 20.7. The molecule has 0 saturated heterocycles. The van der Waals surface area contributed by atoms with Gasteiger partial charge in [0.1, 0.15) is 0 Å². The van der Waals surface area contributed by atoms with Crippen LogP contribution in [0.25, 0.3) is 0 Å².